The van der Waals surface area contributed by atoms with Crippen molar-refractivity contribution < 1.29 is 9.00 Å². The largest absolute Gasteiger partial charge is 0.366 e. The zero-order chi connectivity index (χ0) is 20.5. The SMILES string of the molecule is C=S(C)(=O)c1ccc(/C(=C\n2cnc(-c3cc(C)cc(C)c3)n2)C(N)=O)cc1. The van der Waals surface area contributed by atoms with Gasteiger partial charge >= 0.3 is 0 Å². The summed E-state index contributed by atoms with van der Waals surface area (Å²) in [7, 11) is -2.32. The lowest BCUT2D eigenvalue weighted by molar-refractivity contribution is -0.112. The van der Waals surface area contributed by atoms with Crippen LogP contribution in [0.2, 0.25) is 0 Å². The van der Waals surface area contributed by atoms with Crippen molar-refractivity contribution in [3.05, 3.63) is 65.5 Å². The Labute approximate surface area is 164 Å². The maximum atomic E-state index is 12.0. The molecule has 28 heavy (non-hydrogen) atoms. The van der Waals surface area contributed by atoms with Crippen molar-refractivity contribution in [1.82, 2.24) is 14.8 Å². The lowest BCUT2D eigenvalue weighted by Crippen LogP contribution is -2.14. The molecule has 144 valence electrons. The van der Waals surface area contributed by atoms with Gasteiger partial charge in [0.15, 0.2) is 5.82 Å². The molecule has 0 bridgehead atoms. The summed E-state index contributed by atoms with van der Waals surface area (Å²) in [6, 6.07) is 12.9. The Morgan fingerprint density at radius 1 is 1.14 bits per heavy atom. The fourth-order valence-corrected chi connectivity index (χ4v) is 3.62. The monoisotopic (exact) mass is 394 g/mol. The van der Waals surface area contributed by atoms with Crippen molar-refractivity contribution in [1.29, 1.82) is 0 Å². The zero-order valence-electron chi connectivity index (χ0n) is 16.0. The minimum absolute atomic E-state index is 0.273. The smallest absolute Gasteiger partial charge is 0.250 e. The third-order valence-electron chi connectivity index (χ3n) is 4.18. The van der Waals surface area contributed by atoms with Crippen molar-refractivity contribution in [3.8, 4) is 11.4 Å². The molecule has 0 radical (unpaired) electrons. The quantitative estimate of drug-likeness (QED) is 0.532. The highest BCUT2D eigenvalue weighted by molar-refractivity contribution is 7.99. The van der Waals surface area contributed by atoms with E-state index in [-0.39, 0.29) is 5.57 Å². The molecule has 0 aliphatic rings. The second-order valence-electron chi connectivity index (χ2n) is 6.86. The standard InChI is InChI=1S/C21H22N4O2S/c1-14-9-15(2)11-17(10-14)21-23-13-25(24-21)12-19(20(22)26)16-5-7-18(8-6-16)28(3,4)27/h5-13H,3H2,1-2,4H3,(H2,22,26)/b19-12+. The fraction of sp³-hybridized carbons (Fsp3) is 0.143. The van der Waals surface area contributed by atoms with E-state index in [0.29, 0.717) is 16.3 Å². The van der Waals surface area contributed by atoms with Gasteiger partial charge in [0, 0.05) is 22.9 Å². The van der Waals surface area contributed by atoms with E-state index in [9.17, 15) is 9.00 Å². The predicted molar refractivity (Wildman–Crippen MR) is 114 cm³/mol. The number of primary amides is 1. The van der Waals surface area contributed by atoms with Crippen LogP contribution in [0.15, 0.2) is 53.7 Å². The molecule has 3 rings (SSSR count). The van der Waals surface area contributed by atoms with Crippen LogP contribution in [0.1, 0.15) is 16.7 Å². The summed E-state index contributed by atoms with van der Waals surface area (Å²) in [5.41, 5.74) is 9.59. The molecule has 0 fully saturated rings. The molecule has 7 heteroatoms. The molecule has 1 atom stereocenters. The van der Waals surface area contributed by atoms with Gasteiger partial charge in [-0.2, -0.15) is 0 Å². The number of aryl methyl sites for hydroxylation is 2. The Hall–Kier alpha value is -3.19. The van der Waals surface area contributed by atoms with E-state index in [1.165, 1.54) is 17.2 Å². The third-order valence-corrected chi connectivity index (χ3v) is 5.45. The maximum Gasteiger partial charge on any atom is 0.250 e. The summed E-state index contributed by atoms with van der Waals surface area (Å²) in [6.45, 7) is 4.03. The van der Waals surface area contributed by atoms with E-state index in [2.05, 4.69) is 22.0 Å². The van der Waals surface area contributed by atoms with E-state index >= 15 is 0 Å². The molecule has 6 nitrogen and oxygen atoms in total. The Morgan fingerprint density at radius 3 is 2.29 bits per heavy atom. The van der Waals surface area contributed by atoms with E-state index in [1.54, 1.807) is 30.5 Å². The lowest BCUT2D eigenvalue weighted by atomic mass is 10.1. The molecule has 3 aromatic rings. The number of carbonyl (C=O) groups excluding carboxylic acids is 1. The number of nitrogens with two attached hydrogens (primary N) is 1. The van der Waals surface area contributed by atoms with Crippen molar-refractivity contribution in [3.63, 3.8) is 0 Å². The second-order valence-corrected chi connectivity index (χ2v) is 9.34. The summed E-state index contributed by atoms with van der Waals surface area (Å²) in [4.78, 5) is 16.9. The van der Waals surface area contributed by atoms with E-state index in [0.717, 1.165) is 16.7 Å². The van der Waals surface area contributed by atoms with Crippen molar-refractivity contribution >= 4 is 33.1 Å². The zero-order valence-corrected chi connectivity index (χ0v) is 16.9. The molecule has 0 saturated carbocycles. The van der Waals surface area contributed by atoms with Crippen LogP contribution in [0.4, 0.5) is 0 Å². The minimum Gasteiger partial charge on any atom is -0.366 e. The van der Waals surface area contributed by atoms with Gasteiger partial charge in [-0.15, -0.1) is 5.10 Å². The van der Waals surface area contributed by atoms with Crippen LogP contribution in [0, 0.1) is 13.8 Å². The first kappa shape index (κ1) is 19.6. The van der Waals surface area contributed by atoms with E-state index in [4.69, 9.17) is 5.73 Å². The Kier molecular flexibility index (Phi) is 5.20. The summed E-state index contributed by atoms with van der Waals surface area (Å²) < 4.78 is 13.5. The van der Waals surface area contributed by atoms with Gasteiger partial charge in [-0.05, 0) is 59.1 Å². The van der Waals surface area contributed by atoms with E-state index in [1.807, 2.05) is 26.0 Å². The van der Waals surface area contributed by atoms with Gasteiger partial charge in [-0.25, -0.2) is 9.67 Å². The highest BCUT2D eigenvalue weighted by Crippen LogP contribution is 2.21. The molecule has 0 spiro atoms. The number of amides is 1. The summed E-state index contributed by atoms with van der Waals surface area (Å²) in [5.74, 6) is 3.63. The Balaban J connectivity index is 1.97. The summed E-state index contributed by atoms with van der Waals surface area (Å²) in [6.07, 6.45) is 4.62. The first-order valence-corrected chi connectivity index (χ1v) is 10.7. The molecule has 1 amide bonds. The van der Waals surface area contributed by atoms with Gasteiger partial charge in [0.1, 0.15) is 6.33 Å². The average molecular weight is 395 g/mol. The van der Waals surface area contributed by atoms with Crippen LogP contribution >= 0.6 is 0 Å². The molecular formula is C21H22N4O2S. The normalized spacial score (nSPS) is 13.9. The van der Waals surface area contributed by atoms with Crippen molar-refractivity contribution in [2.75, 3.05) is 6.26 Å². The minimum atomic E-state index is -2.32. The molecular weight excluding hydrogens is 372 g/mol. The lowest BCUT2D eigenvalue weighted by Gasteiger charge is -2.07. The van der Waals surface area contributed by atoms with E-state index < -0.39 is 15.4 Å². The van der Waals surface area contributed by atoms with Gasteiger partial charge in [-0.1, -0.05) is 29.3 Å². The molecule has 0 saturated heterocycles. The van der Waals surface area contributed by atoms with Crippen molar-refractivity contribution in [2.24, 2.45) is 5.73 Å². The van der Waals surface area contributed by atoms with Gasteiger partial charge in [-0.3, -0.25) is 9.00 Å². The van der Waals surface area contributed by atoms with Gasteiger partial charge in [0.05, 0.1) is 5.57 Å². The molecule has 0 aliphatic carbocycles. The molecule has 1 aromatic heterocycles. The summed E-state index contributed by atoms with van der Waals surface area (Å²) in [5, 5.41) is 4.43. The number of hydrogen-bond donors (Lipinski definition) is 1. The third kappa shape index (κ3) is 4.37. The molecule has 2 aromatic carbocycles. The van der Waals surface area contributed by atoms with Crippen LogP contribution in [-0.4, -0.2) is 37.0 Å². The van der Waals surface area contributed by atoms with Crippen LogP contribution in [-0.2, 0) is 14.3 Å². The van der Waals surface area contributed by atoms with Crippen LogP contribution in [0.3, 0.4) is 0 Å². The molecule has 1 heterocycles. The first-order valence-electron chi connectivity index (χ1n) is 8.57. The molecule has 2 N–H and O–H groups in total. The fourth-order valence-electron chi connectivity index (χ4n) is 2.91. The highest BCUT2D eigenvalue weighted by atomic mass is 32.2. The number of nitrogens with zero attached hydrogens (tertiary/aromatic N) is 3. The number of carbonyl (C=O) groups is 1. The van der Waals surface area contributed by atoms with Crippen molar-refractivity contribution in [2.45, 2.75) is 18.7 Å². The predicted octanol–water partition coefficient (Wildman–Crippen LogP) is 2.75. The Bertz CT molecular complexity index is 1150. The number of aromatic nitrogens is 3. The second kappa shape index (κ2) is 7.44. The maximum absolute atomic E-state index is 12.0. The number of benzene rings is 2. The highest BCUT2D eigenvalue weighted by Gasteiger charge is 2.12. The first-order chi connectivity index (χ1) is 13.1. The molecule has 0 aliphatic heterocycles. The number of rotatable bonds is 5. The Morgan fingerprint density at radius 2 is 1.75 bits per heavy atom. The van der Waals surface area contributed by atoms with Gasteiger partial charge in [0.2, 0.25) is 0 Å². The van der Waals surface area contributed by atoms with Gasteiger partial charge in [0.25, 0.3) is 5.91 Å². The average Bonchev–Trinajstić information content (AvgIpc) is 3.07. The van der Waals surface area contributed by atoms with Gasteiger partial charge < -0.3 is 5.73 Å². The van der Waals surface area contributed by atoms with Crippen LogP contribution < -0.4 is 5.73 Å². The summed E-state index contributed by atoms with van der Waals surface area (Å²) >= 11 is 0. The molecule has 1 unspecified atom stereocenters. The van der Waals surface area contributed by atoms with Crippen LogP contribution in [0.5, 0.6) is 0 Å². The topological polar surface area (TPSA) is 90.9 Å². The number of hydrogen-bond acceptors (Lipinski definition) is 4. The van der Waals surface area contributed by atoms with Crippen LogP contribution in [0.25, 0.3) is 23.2 Å².